The zero-order valence-corrected chi connectivity index (χ0v) is 17.8. The molecule has 6 nitrogen and oxygen atoms in total. The summed E-state index contributed by atoms with van der Waals surface area (Å²) in [4.78, 5) is 13.3. The van der Waals surface area contributed by atoms with Gasteiger partial charge in [0.15, 0.2) is 0 Å². The van der Waals surface area contributed by atoms with E-state index in [9.17, 15) is 4.79 Å². The summed E-state index contributed by atoms with van der Waals surface area (Å²) >= 11 is 3.02. The number of amides is 1. The first-order chi connectivity index (χ1) is 14.2. The molecule has 0 atom stereocenters. The molecule has 1 aliphatic heterocycles. The lowest BCUT2D eigenvalue weighted by molar-refractivity contribution is -0.113. The summed E-state index contributed by atoms with van der Waals surface area (Å²) < 4.78 is 8.09. The molecule has 2 aromatic carbocycles. The molecule has 1 aliphatic rings. The summed E-state index contributed by atoms with van der Waals surface area (Å²) in [7, 11) is 0. The number of benzene rings is 2. The zero-order chi connectivity index (χ0) is 20.1. The van der Waals surface area contributed by atoms with Gasteiger partial charge in [-0.2, -0.15) is 0 Å². The number of thioether (sulfide) groups is 1. The van der Waals surface area contributed by atoms with Crippen LogP contribution in [-0.2, 0) is 4.79 Å². The largest absolute Gasteiger partial charge is 0.411 e. The van der Waals surface area contributed by atoms with Crippen LogP contribution in [-0.4, -0.2) is 39.3 Å². The molecule has 0 aliphatic carbocycles. The Morgan fingerprint density at radius 3 is 2.69 bits per heavy atom. The van der Waals surface area contributed by atoms with Crippen LogP contribution in [0.25, 0.3) is 11.5 Å². The van der Waals surface area contributed by atoms with Crippen LogP contribution in [0.5, 0.6) is 0 Å². The number of rotatable bonds is 7. The van der Waals surface area contributed by atoms with Crippen molar-refractivity contribution in [1.82, 2.24) is 14.5 Å². The van der Waals surface area contributed by atoms with Gasteiger partial charge in [-0.15, -0.1) is 10.2 Å². The molecule has 150 valence electrons. The molecule has 1 saturated heterocycles. The molecule has 0 spiro atoms. The molecule has 29 heavy (non-hydrogen) atoms. The van der Waals surface area contributed by atoms with Crippen molar-refractivity contribution in [2.45, 2.75) is 29.9 Å². The van der Waals surface area contributed by atoms with Gasteiger partial charge in [-0.1, -0.05) is 23.9 Å². The lowest BCUT2D eigenvalue weighted by atomic mass is 10.2. The van der Waals surface area contributed by atoms with E-state index in [1.165, 1.54) is 29.5 Å². The summed E-state index contributed by atoms with van der Waals surface area (Å²) in [6.07, 6.45) is 2.55. The Labute approximate surface area is 178 Å². The number of nitrogens with zero attached hydrogens (tertiary/aromatic N) is 3. The SMILES string of the molecule is Cc1cccc(NC(=O)CSc2nnc(-c3ccc(SN4CCCC4)cc3)o2)c1. The fourth-order valence-corrected chi connectivity index (χ4v) is 4.58. The van der Waals surface area contributed by atoms with Crippen molar-refractivity contribution in [1.29, 1.82) is 0 Å². The van der Waals surface area contributed by atoms with Crippen LogP contribution in [0.1, 0.15) is 18.4 Å². The van der Waals surface area contributed by atoms with Crippen molar-refractivity contribution in [3.63, 3.8) is 0 Å². The molecule has 1 amide bonds. The first-order valence-corrected chi connectivity index (χ1v) is 11.3. The van der Waals surface area contributed by atoms with Crippen molar-refractivity contribution in [3.8, 4) is 11.5 Å². The van der Waals surface area contributed by atoms with Gasteiger partial charge >= 0.3 is 0 Å². The van der Waals surface area contributed by atoms with E-state index < -0.39 is 0 Å². The molecule has 1 aromatic heterocycles. The highest BCUT2D eigenvalue weighted by molar-refractivity contribution is 7.99. The number of aromatic nitrogens is 2. The molecule has 4 rings (SSSR count). The van der Waals surface area contributed by atoms with Crippen LogP contribution in [0.4, 0.5) is 5.69 Å². The van der Waals surface area contributed by atoms with E-state index >= 15 is 0 Å². The van der Waals surface area contributed by atoms with Gasteiger partial charge in [0, 0.05) is 29.2 Å². The Balaban J connectivity index is 1.30. The highest BCUT2D eigenvalue weighted by atomic mass is 32.2. The predicted molar refractivity (Wildman–Crippen MR) is 117 cm³/mol. The third-order valence-corrected chi connectivity index (χ3v) is 6.36. The number of hydrogen-bond donors (Lipinski definition) is 1. The molecular weight excluding hydrogens is 404 g/mol. The number of aryl methyl sites for hydroxylation is 1. The predicted octanol–water partition coefficient (Wildman–Crippen LogP) is 4.88. The Bertz CT molecular complexity index is 969. The second kappa shape index (κ2) is 9.47. The van der Waals surface area contributed by atoms with E-state index in [-0.39, 0.29) is 11.7 Å². The minimum atomic E-state index is -0.108. The van der Waals surface area contributed by atoms with Crippen molar-refractivity contribution in [2.24, 2.45) is 0 Å². The quantitative estimate of drug-likeness (QED) is 0.426. The number of anilines is 1. The van der Waals surface area contributed by atoms with Gasteiger partial charge < -0.3 is 9.73 Å². The first kappa shape index (κ1) is 20.0. The number of carbonyl (C=O) groups excluding carboxylic acids is 1. The maximum absolute atomic E-state index is 12.1. The highest BCUT2D eigenvalue weighted by Crippen LogP contribution is 2.29. The van der Waals surface area contributed by atoms with Crippen LogP contribution < -0.4 is 5.32 Å². The third-order valence-electron chi connectivity index (χ3n) is 4.44. The van der Waals surface area contributed by atoms with Crippen molar-refractivity contribution in [2.75, 3.05) is 24.2 Å². The van der Waals surface area contributed by atoms with Gasteiger partial charge in [-0.25, -0.2) is 4.31 Å². The maximum atomic E-state index is 12.1. The minimum Gasteiger partial charge on any atom is -0.411 e. The lowest BCUT2D eigenvalue weighted by Crippen LogP contribution is -2.13. The Kier molecular flexibility index (Phi) is 6.53. The molecular formula is C21H22N4O2S2. The molecule has 3 aromatic rings. The summed E-state index contributed by atoms with van der Waals surface area (Å²) in [6, 6.07) is 15.8. The van der Waals surface area contributed by atoms with Crippen LogP contribution in [0.2, 0.25) is 0 Å². The lowest BCUT2D eigenvalue weighted by Gasteiger charge is -2.12. The van der Waals surface area contributed by atoms with E-state index in [2.05, 4.69) is 32.0 Å². The molecule has 8 heteroatoms. The topological polar surface area (TPSA) is 71.3 Å². The van der Waals surface area contributed by atoms with Crippen LogP contribution in [0.15, 0.2) is 63.1 Å². The average molecular weight is 427 g/mol. The van der Waals surface area contributed by atoms with E-state index in [1.54, 1.807) is 11.9 Å². The van der Waals surface area contributed by atoms with E-state index in [0.29, 0.717) is 11.1 Å². The summed E-state index contributed by atoms with van der Waals surface area (Å²) in [6.45, 7) is 4.28. The molecule has 0 radical (unpaired) electrons. The fourth-order valence-electron chi connectivity index (χ4n) is 3.02. The molecule has 0 unspecified atom stereocenters. The summed E-state index contributed by atoms with van der Waals surface area (Å²) in [5, 5.41) is 11.4. The van der Waals surface area contributed by atoms with Gasteiger partial charge in [-0.05, 0) is 73.7 Å². The van der Waals surface area contributed by atoms with E-state index in [0.717, 1.165) is 29.9 Å². The zero-order valence-electron chi connectivity index (χ0n) is 16.1. The Morgan fingerprint density at radius 2 is 1.93 bits per heavy atom. The number of carbonyl (C=O) groups is 1. The van der Waals surface area contributed by atoms with Crippen molar-refractivity contribution >= 4 is 35.3 Å². The molecule has 0 bridgehead atoms. The van der Waals surface area contributed by atoms with Crippen molar-refractivity contribution in [3.05, 3.63) is 54.1 Å². The van der Waals surface area contributed by atoms with Gasteiger partial charge in [0.05, 0.1) is 5.75 Å². The maximum Gasteiger partial charge on any atom is 0.277 e. The number of nitrogens with one attached hydrogen (secondary N) is 1. The molecule has 1 N–H and O–H groups in total. The van der Waals surface area contributed by atoms with E-state index in [1.807, 2.05) is 43.3 Å². The molecule has 0 saturated carbocycles. The monoisotopic (exact) mass is 426 g/mol. The van der Waals surface area contributed by atoms with Crippen LogP contribution >= 0.6 is 23.7 Å². The van der Waals surface area contributed by atoms with Crippen LogP contribution in [0, 0.1) is 6.92 Å². The minimum absolute atomic E-state index is 0.108. The first-order valence-electron chi connectivity index (χ1n) is 9.52. The average Bonchev–Trinajstić information content (AvgIpc) is 3.39. The third kappa shape index (κ3) is 5.62. The van der Waals surface area contributed by atoms with Gasteiger partial charge in [-0.3, -0.25) is 4.79 Å². The smallest absolute Gasteiger partial charge is 0.277 e. The normalized spacial score (nSPS) is 14.2. The molecule has 1 fully saturated rings. The summed E-state index contributed by atoms with van der Waals surface area (Å²) in [5.74, 6) is 0.564. The molecule has 2 heterocycles. The van der Waals surface area contributed by atoms with Gasteiger partial charge in [0.1, 0.15) is 0 Å². The standard InChI is InChI=1S/C21H22N4O2S2/c1-15-5-4-6-17(13-15)22-19(26)14-28-21-24-23-20(27-21)16-7-9-18(10-8-16)29-25-11-2-3-12-25/h4-10,13H,2-3,11-12,14H2,1H3,(H,22,26). The summed E-state index contributed by atoms with van der Waals surface area (Å²) in [5.41, 5.74) is 2.76. The second-order valence-electron chi connectivity index (χ2n) is 6.83. The van der Waals surface area contributed by atoms with Gasteiger partial charge in [0.25, 0.3) is 5.22 Å². The van der Waals surface area contributed by atoms with Crippen LogP contribution in [0.3, 0.4) is 0 Å². The second-order valence-corrected chi connectivity index (χ2v) is 8.93. The van der Waals surface area contributed by atoms with E-state index in [4.69, 9.17) is 4.42 Å². The Morgan fingerprint density at radius 1 is 1.14 bits per heavy atom. The fraction of sp³-hybridized carbons (Fsp3) is 0.286. The van der Waals surface area contributed by atoms with Gasteiger partial charge in [0.2, 0.25) is 11.8 Å². The Hall–Kier alpha value is -2.29. The number of hydrogen-bond acceptors (Lipinski definition) is 7. The van der Waals surface area contributed by atoms with Crippen molar-refractivity contribution < 1.29 is 9.21 Å². The highest BCUT2D eigenvalue weighted by Gasteiger charge is 2.14.